The molecule has 29 heavy (non-hydrogen) atoms. The average Bonchev–Trinajstić information content (AvgIpc) is 2.59. The number of rotatable bonds is 9. The first-order valence-electron chi connectivity index (χ1n) is 8.28. The minimum atomic E-state index is -4.56. The summed E-state index contributed by atoms with van der Waals surface area (Å²) in [5.74, 6) is -0.297. The Kier molecular flexibility index (Phi) is 7.22. The van der Waals surface area contributed by atoms with E-state index in [1.165, 1.54) is 24.3 Å². The van der Waals surface area contributed by atoms with Gasteiger partial charge in [0.2, 0.25) is 11.9 Å². The highest BCUT2D eigenvalue weighted by molar-refractivity contribution is 6.20. The summed E-state index contributed by atoms with van der Waals surface area (Å²) in [7, 11) is 0. The molecule has 0 saturated carbocycles. The van der Waals surface area contributed by atoms with Crippen molar-refractivity contribution in [3.8, 4) is 11.8 Å². The predicted octanol–water partition coefficient (Wildman–Crippen LogP) is 4.93. The van der Waals surface area contributed by atoms with E-state index in [2.05, 4.69) is 46.7 Å². The fourth-order valence-electron chi connectivity index (χ4n) is 1.88. The van der Waals surface area contributed by atoms with E-state index in [4.69, 9.17) is 0 Å². The first-order valence-corrected chi connectivity index (χ1v) is 8.66. The van der Waals surface area contributed by atoms with Crippen molar-refractivity contribution in [3.63, 3.8) is 0 Å². The standard InChI is InChI=1S/C16H17ClF5N5O2/c1-3-9(2)23-12-25-13(27-14(26-12)28-8-15(18,19)20)24-10-4-6-11(7-5-10)29-16(17,21)22/h4-7,9H,3,8H2,1-2H3,(H2,23,24,25,26,27)/t9-/m0/s1. The number of alkyl halides is 6. The molecule has 7 nitrogen and oxygen atoms in total. The van der Waals surface area contributed by atoms with Crippen LogP contribution in [0.4, 0.5) is 39.5 Å². The molecule has 0 amide bonds. The first kappa shape index (κ1) is 22.7. The molecule has 1 aromatic carbocycles. The van der Waals surface area contributed by atoms with Crippen molar-refractivity contribution < 1.29 is 31.4 Å². The van der Waals surface area contributed by atoms with Gasteiger partial charge in [0, 0.05) is 23.3 Å². The molecule has 0 fully saturated rings. The molecule has 0 unspecified atom stereocenters. The van der Waals surface area contributed by atoms with Gasteiger partial charge >= 0.3 is 17.8 Å². The number of nitrogens with one attached hydrogen (secondary N) is 2. The number of ether oxygens (including phenoxy) is 2. The van der Waals surface area contributed by atoms with E-state index >= 15 is 0 Å². The van der Waals surface area contributed by atoms with Gasteiger partial charge in [0.15, 0.2) is 6.61 Å². The Bertz CT molecular complexity index is 802. The van der Waals surface area contributed by atoms with Crippen LogP contribution in [0.25, 0.3) is 0 Å². The Hall–Kier alpha value is -2.63. The van der Waals surface area contributed by atoms with Crippen molar-refractivity contribution in [2.24, 2.45) is 0 Å². The lowest BCUT2D eigenvalue weighted by atomic mass is 10.3. The first-order chi connectivity index (χ1) is 13.4. The van der Waals surface area contributed by atoms with Gasteiger partial charge in [0.1, 0.15) is 5.75 Å². The van der Waals surface area contributed by atoms with E-state index in [1.54, 1.807) is 0 Å². The van der Waals surface area contributed by atoms with E-state index in [-0.39, 0.29) is 23.7 Å². The molecule has 0 saturated heterocycles. The van der Waals surface area contributed by atoms with Crippen molar-refractivity contribution in [2.45, 2.75) is 38.1 Å². The maximum absolute atomic E-state index is 12.6. The van der Waals surface area contributed by atoms with Crippen molar-refractivity contribution in [3.05, 3.63) is 24.3 Å². The van der Waals surface area contributed by atoms with E-state index in [0.717, 1.165) is 0 Å². The molecule has 2 aromatic rings. The lowest BCUT2D eigenvalue weighted by Crippen LogP contribution is -2.21. The second-order valence-electron chi connectivity index (χ2n) is 5.82. The van der Waals surface area contributed by atoms with Gasteiger partial charge in [-0.3, -0.25) is 0 Å². The van der Waals surface area contributed by atoms with Gasteiger partial charge in [-0.15, -0.1) is 8.78 Å². The maximum atomic E-state index is 12.6. The Morgan fingerprint density at radius 2 is 1.66 bits per heavy atom. The minimum absolute atomic E-state index is 0.00996. The number of benzene rings is 1. The summed E-state index contributed by atoms with van der Waals surface area (Å²) in [6.45, 7) is 2.16. The molecule has 0 aliphatic heterocycles. The Balaban J connectivity index is 2.19. The predicted molar refractivity (Wildman–Crippen MR) is 95.9 cm³/mol. The summed E-state index contributed by atoms with van der Waals surface area (Å²) < 4.78 is 71.3. The van der Waals surface area contributed by atoms with Gasteiger partial charge in [-0.1, -0.05) is 6.92 Å². The number of nitrogens with zero attached hydrogens (tertiary/aromatic N) is 3. The maximum Gasteiger partial charge on any atom is 0.487 e. The molecule has 0 aliphatic carbocycles. The van der Waals surface area contributed by atoms with Crippen LogP contribution in [-0.2, 0) is 0 Å². The summed E-state index contributed by atoms with van der Waals surface area (Å²) >= 11 is 4.69. The van der Waals surface area contributed by atoms with Crippen LogP contribution >= 0.6 is 11.6 Å². The quantitative estimate of drug-likeness (QED) is 0.421. The molecule has 2 N–H and O–H groups in total. The van der Waals surface area contributed by atoms with E-state index in [0.29, 0.717) is 12.1 Å². The molecular formula is C16H17ClF5N5O2. The highest BCUT2D eigenvalue weighted by Crippen LogP contribution is 2.27. The zero-order chi connectivity index (χ0) is 21.7. The monoisotopic (exact) mass is 441 g/mol. The van der Waals surface area contributed by atoms with Gasteiger partial charge in [-0.2, -0.15) is 28.1 Å². The third-order valence-electron chi connectivity index (χ3n) is 3.31. The lowest BCUT2D eigenvalue weighted by Gasteiger charge is -2.15. The van der Waals surface area contributed by atoms with Crippen LogP contribution in [0.2, 0.25) is 0 Å². The van der Waals surface area contributed by atoms with Gasteiger partial charge in [0.05, 0.1) is 0 Å². The van der Waals surface area contributed by atoms with Crippen molar-refractivity contribution in [1.82, 2.24) is 15.0 Å². The normalized spacial score (nSPS) is 13.0. The van der Waals surface area contributed by atoms with E-state index in [9.17, 15) is 22.0 Å². The zero-order valence-corrected chi connectivity index (χ0v) is 16.0. The number of halogens is 6. The smallest absolute Gasteiger partial charge is 0.454 e. The summed E-state index contributed by atoms with van der Waals surface area (Å²) in [5.41, 5.74) is -3.51. The molecule has 13 heteroatoms. The average molecular weight is 442 g/mol. The van der Waals surface area contributed by atoms with Gasteiger partial charge in [-0.25, -0.2) is 0 Å². The minimum Gasteiger partial charge on any atom is -0.454 e. The molecule has 2 rings (SSSR count). The van der Waals surface area contributed by atoms with E-state index in [1.807, 2.05) is 13.8 Å². The zero-order valence-electron chi connectivity index (χ0n) is 15.2. The van der Waals surface area contributed by atoms with Crippen LogP contribution in [-0.4, -0.2) is 39.3 Å². The fourth-order valence-corrected chi connectivity index (χ4v) is 1.97. The Labute approximate surface area is 167 Å². The fraction of sp³-hybridized carbons (Fsp3) is 0.438. The summed E-state index contributed by atoms with van der Waals surface area (Å²) in [4.78, 5) is 11.7. The SMILES string of the molecule is CC[C@H](C)Nc1nc(Nc2ccc(OC(F)(F)Cl)cc2)nc(OCC(F)(F)F)n1. The molecule has 1 atom stereocenters. The second-order valence-corrected chi connectivity index (χ2v) is 6.26. The number of hydrogen-bond acceptors (Lipinski definition) is 7. The molecule has 1 heterocycles. The van der Waals surface area contributed by atoms with Crippen LogP contribution in [0.5, 0.6) is 11.8 Å². The third-order valence-corrected chi connectivity index (χ3v) is 3.39. The van der Waals surface area contributed by atoms with E-state index < -0.39 is 24.4 Å². The topological polar surface area (TPSA) is 81.2 Å². The number of hydrogen-bond donors (Lipinski definition) is 2. The van der Waals surface area contributed by atoms with Crippen LogP contribution in [0.1, 0.15) is 20.3 Å². The van der Waals surface area contributed by atoms with Gasteiger partial charge in [0.25, 0.3) is 0 Å². The van der Waals surface area contributed by atoms with Crippen molar-refractivity contribution in [2.75, 3.05) is 17.2 Å². The molecule has 1 aromatic heterocycles. The molecule has 0 aliphatic rings. The largest absolute Gasteiger partial charge is 0.487 e. The van der Waals surface area contributed by atoms with Gasteiger partial charge < -0.3 is 20.1 Å². The van der Waals surface area contributed by atoms with Crippen molar-refractivity contribution in [1.29, 1.82) is 0 Å². The second kappa shape index (κ2) is 9.25. The number of aromatic nitrogens is 3. The Morgan fingerprint density at radius 1 is 1.03 bits per heavy atom. The van der Waals surface area contributed by atoms with Crippen LogP contribution in [0.3, 0.4) is 0 Å². The van der Waals surface area contributed by atoms with Crippen LogP contribution < -0.4 is 20.1 Å². The molecule has 0 bridgehead atoms. The third kappa shape index (κ3) is 8.50. The molecule has 0 spiro atoms. The molecular weight excluding hydrogens is 425 g/mol. The van der Waals surface area contributed by atoms with Crippen LogP contribution in [0.15, 0.2) is 24.3 Å². The van der Waals surface area contributed by atoms with Crippen molar-refractivity contribution >= 4 is 29.2 Å². The highest BCUT2D eigenvalue weighted by Gasteiger charge is 2.29. The highest BCUT2D eigenvalue weighted by atomic mass is 35.5. The lowest BCUT2D eigenvalue weighted by molar-refractivity contribution is -0.154. The van der Waals surface area contributed by atoms with Crippen LogP contribution in [0, 0.1) is 0 Å². The number of anilines is 3. The van der Waals surface area contributed by atoms with Gasteiger partial charge in [-0.05, 0) is 37.6 Å². The summed E-state index contributed by atoms with van der Waals surface area (Å²) in [6, 6.07) is 4.54. The summed E-state index contributed by atoms with van der Waals surface area (Å²) in [5, 5.41) is 5.63. The summed E-state index contributed by atoms with van der Waals surface area (Å²) in [6.07, 6.45) is -3.86. The molecule has 160 valence electrons. The molecule has 0 radical (unpaired) electrons. The Morgan fingerprint density at radius 3 is 2.21 bits per heavy atom.